The van der Waals surface area contributed by atoms with Gasteiger partial charge in [0.25, 0.3) is 5.91 Å². The van der Waals surface area contributed by atoms with Gasteiger partial charge < -0.3 is 9.73 Å². The number of nitrogens with zero attached hydrogens (tertiary/aromatic N) is 3. The minimum Gasteiger partial charge on any atom is -0.426 e. The quantitative estimate of drug-likeness (QED) is 0.888. The lowest BCUT2D eigenvalue weighted by molar-refractivity contribution is -0.137. The van der Waals surface area contributed by atoms with Gasteiger partial charge in [-0.15, -0.1) is 10.2 Å². The molecule has 1 aliphatic rings. The molecule has 0 aliphatic heterocycles. The van der Waals surface area contributed by atoms with E-state index in [-0.39, 0.29) is 12.0 Å². The summed E-state index contributed by atoms with van der Waals surface area (Å²) in [6, 6.07) is -0.184. The number of carbonyl (C=O) groups is 1. The Morgan fingerprint density at radius 2 is 2.21 bits per heavy atom. The predicted octanol–water partition coefficient (Wildman–Crippen LogP) is 2.26. The zero-order chi connectivity index (χ0) is 17.3. The van der Waals surface area contributed by atoms with Gasteiger partial charge in [0.05, 0.1) is 6.20 Å². The van der Waals surface area contributed by atoms with E-state index < -0.39 is 23.3 Å². The van der Waals surface area contributed by atoms with Crippen LogP contribution in [0.1, 0.15) is 47.1 Å². The molecular formula is C14H16F3N5O2. The second-order valence-electron chi connectivity index (χ2n) is 5.92. The van der Waals surface area contributed by atoms with E-state index in [4.69, 9.17) is 4.42 Å². The number of hydrogen-bond acceptors (Lipinski definition) is 5. The van der Waals surface area contributed by atoms with Crippen molar-refractivity contribution in [2.24, 2.45) is 5.92 Å². The topological polar surface area (TPSA) is 96.7 Å². The van der Waals surface area contributed by atoms with Crippen molar-refractivity contribution < 1.29 is 22.4 Å². The van der Waals surface area contributed by atoms with E-state index in [2.05, 4.69) is 25.7 Å². The fraction of sp³-hybridized carbons (Fsp3) is 0.571. The maximum atomic E-state index is 12.8. The Morgan fingerprint density at radius 1 is 1.42 bits per heavy atom. The zero-order valence-corrected chi connectivity index (χ0v) is 12.9. The highest BCUT2D eigenvalue weighted by Gasteiger charge is 2.38. The molecule has 130 valence electrons. The van der Waals surface area contributed by atoms with Crippen molar-refractivity contribution in [3.63, 3.8) is 0 Å². The molecule has 3 rings (SSSR count). The van der Waals surface area contributed by atoms with Gasteiger partial charge in [-0.3, -0.25) is 9.89 Å². The average Bonchev–Trinajstić information content (AvgIpc) is 3.19. The minimum atomic E-state index is -4.62. The van der Waals surface area contributed by atoms with Crippen LogP contribution < -0.4 is 5.32 Å². The Kier molecular flexibility index (Phi) is 4.29. The summed E-state index contributed by atoms with van der Waals surface area (Å²) in [5.41, 5.74) is -1.62. The fourth-order valence-corrected chi connectivity index (χ4v) is 2.99. The van der Waals surface area contributed by atoms with Crippen molar-refractivity contribution in [3.8, 4) is 0 Å². The molecule has 0 spiro atoms. The standard InChI is InChI=1S/C14H16F3N5O2/c1-7-20-21-11(24-7)5-8-2-3-9(4-8)19-13(23)12-10(6-18-22-12)14(15,16)17/h6,8-9H,2-5H2,1H3,(H,18,22)(H,19,23)/t8-,9+/m1/s1. The molecule has 2 aromatic rings. The summed E-state index contributed by atoms with van der Waals surface area (Å²) in [7, 11) is 0. The van der Waals surface area contributed by atoms with Gasteiger partial charge in [0.1, 0.15) is 11.3 Å². The average molecular weight is 343 g/mol. The Labute approximate surface area is 135 Å². The first-order valence-electron chi connectivity index (χ1n) is 7.53. The molecule has 1 aliphatic carbocycles. The zero-order valence-electron chi connectivity index (χ0n) is 12.9. The van der Waals surface area contributed by atoms with Gasteiger partial charge in [0.15, 0.2) is 0 Å². The molecule has 2 aromatic heterocycles. The molecule has 7 nitrogen and oxygen atoms in total. The summed E-state index contributed by atoms with van der Waals surface area (Å²) in [4.78, 5) is 12.1. The smallest absolute Gasteiger partial charge is 0.420 e. The van der Waals surface area contributed by atoms with E-state index in [0.29, 0.717) is 37.2 Å². The van der Waals surface area contributed by atoms with Crippen LogP contribution in [0.25, 0.3) is 0 Å². The van der Waals surface area contributed by atoms with Crippen LogP contribution in [0.4, 0.5) is 13.2 Å². The van der Waals surface area contributed by atoms with Gasteiger partial charge in [-0.25, -0.2) is 0 Å². The molecule has 0 saturated heterocycles. The predicted molar refractivity (Wildman–Crippen MR) is 74.9 cm³/mol. The van der Waals surface area contributed by atoms with Gasteiger partial charge in [0.2, 0.25) is 11.8 Å². The molecule has 1 fully saturated rings. The molecule has 0 radical (unpaired) electrons. The Morgan fingerprint density at radius 3 is 2.88 bits per heavy atom. The number of carbonyl (C=O) groups excluding carboxylic acids is 1. The molecule has 2 atom stereocenters. The molecule has 2 N–H and O–H groups in total. The number of aryl methyl sites for hydroxylation is 1. The van der Waals surface area contributed by atoms with Crippen LogP contribution in [0.3, 0.4) is 0 Å². The van der Waals surface area contributed by atoms with Crippen molar-refractivity contribution in [3.05, 3.63) is 29.2 Å². The van der Waals surface area contributed by atoms with Crippen LogP contribution in [-0.4, -0.2) is 32.3 Å². The SMILES string of the molecule is Cc1nnc(C[C@@H]2CC[C@H](NC(=O)c3[nH]ncc3C(F)(F)F)C2)o1. The number of H-pyrrole nitrogens is 1. The van der Waals surface area contributed by atoms with Gasteiger partial charge in [-0.2, -0.15) is 18.3 Å². The molecule has 24 heavy (non-hydrogen) atoms. The van der Waals surface area contributed by atoms with E-state index in [9.17, 15) is 18.0 Å². The number of alkyl halides is 3. The Hall–Kier alpha value is -2.39. The van der Waals surface area contributed by atoms with Crippen LogP contribution >= 0.6 is 0 Å². The first-order chi connectivity index (χ1) is 11.3. The summed E-state index contributed by atoms with van der Waals surface area (Å²) in [5, 5.41) is 15.8. The first kappa shape index (κ1) is 16.5. The van der Waals surface area contributed by atoms with Gasteiger partial charge >= 0.3 is 6.18 Å². The third-order valence-electron chi connectivity index (χ3n) is 4.08. The van der Waals surface area contributed by atoms with E-state index in [1.165, 1.54) is 0 Å². The molecule has 1 saturated carbocycles. The molecule has 0 aromatic carbocycles. The van der Waals surface area contributed by atoms with Crippen LogP contribution in [0.2, 0.25) is 0 Å². The summed E-state index contributed by atoms with van der Waals surface area (Å²) >= 11 is 0. The maximum absolute atomic E-state index is 12.8. The number of halogens is 3. The summed E-state index contributed by atoms with van der Waals surface area (Å²) in [5.74, 6) is 0.488. The number of rotatable bonds is 4. The van der Waals surface area contributed by atoms with Crippen molar-refractivity contribution >= 4 is 5.91 Å². The monoisotopic (exact) mass is 343 g/mol. The second-order valence-corrected chi connectivity index (χ2v) is 5.92. The highest BCUT2D eigenvalue weighted by atomic mass is 19.4. The first-order valence-corrected chi connectivity index (χ1v) is 7.53. The van der Waals surface area contributed by atoms with Crippen molar-refractivity contribution in [2.45, 2.75) is 44.8 Å². The highest BCUT2D eigenvalue weighted by molar-refractivity contribution is 5.94. The largest absolute Gasteiger partial charge is 0.426 e. The number of nitrogens with one attached hydrogen (secondary N) is 2. The van der Waals surface area contributed by atoms with Gasteiger partial charge in [-0.05, 0) is 25.2 Å². The second kappa shape index (κ2) is 6.25. The fourth-order valence-electron chi connectivity index (χ4n) is 2.99. The Bertz CT molecular complexity index is 724. The lowest BCUT2D eigenvalue weighted by Crippen LogP contribution is -2.34. The van der Waals surface area contributed by atoms with Gasteiger partial charge in [-0.1, -0.05) is 0 Å². The van der Waals surface area contributed by atoms with Gasteiger partial charge in [0, 0.05) is 19.4 Å². The highest BCUT2D eigenvalue weighted by Crippen LogP contribution is 2.32. The van der Waals surface area contributed by atoms with E-state index in [1.807, 2.05) is 0 Å². The summed E-state index contributed by atoms with van der Waals surface area (Å²) < 4.78 is 43.7. The van der Waals surface area contributed by atoms with Crippen molar-refractivity contribution in [1.29, 1.82) is 0 Å². The molecule has 10 heteroatoms. The normalized spacial score (nSPS) is 21.2. The van der Waals surface area contributed by atoms with E-state index >= 15 is 0 Å². The molecular weight excluding hydrogens is 327 g/mol. The summed E-state index contributed by atoms with van der Waals surface area (Å²) in [6.07, 6.45) is -1.22. The lowest BCUT2D eigenvalue weighted by atomic mass is 10.0. The van der Waals surface area contributed by atoms with Crippen LogP contribution in [0.5, 0.6) is 0 Å². The maximum Gasteiger partial charge on any atom is 0.420 e. The third-order valence-corrected chi connectivity index (χ3v) is 4.08. The third kappa shape index (κ3) is 3.57. The molecule has 0 bridgehead atoms. The van der Waals surface area contributed by atoms with Crippen molar-refractivity contribution in [2.75, 3.05) is 0 Å². The van der Waals surface area contributed by atoms with E-state index in [1.54, 1.807) is 6.92 Å². The van der Waals surface area contributed by atoms with Crippen LogP contribution in [0.15, 0.2) is 10.6 Å². The molecule has 2 heterocycles. The lowest BCUT2D eigenvalue weighted by Gasteiger charge is -2.13. The number of hydrogen-bond donors (Lipinski definition) is 2. The number of aromatic amines is 1. The number of aromatic nitrogens is 4. The van der Waals surface area contributed by atoms with E-state index in [0.717, 1.165) is 6.42 Å². The minimum absolute atomic E-state index is 0.184. The van der Waals surface area contributed by atoms with Crippen molar-refractivity contribution in [1.82, 2.24) is 25.7 Å². The summed E-state index contributed by atoms with van der Waals surface area (Å²) in [6.45, 7) is 1.71. The Balaban J connectivity index is 1.57. The number of amides is 1. The molecule has 1 amide bonds. The van der Waals surface area contributed by atoms with Crippen LogP contribution in [0, 0.1) is 12.8 Å². The molecule has 0 unspecified atom stereocenters. The van der Waals surface area contributed by atoms with Crippen LogP contribution in [-0.2, 0) is 12.6 Å².